The summed E-state index contributed by atoms with van der Waals surface area (Å²) in [6, 6.07) is 5.07. The summed E-state index contributed by atoms with van der Waals surface area (Å²) in [5, 5.41) is 4.82. The van der Waals surface area contributed by atoms with E-state index in [1.165, 1.54) is 11.3 Å². The number of thiazole rings is 1. The number of anilines is 1. The van der Waals surface area contributed by atoms with E-state index in [2.05, 4.69) is 10.3 Å². The molecule has 0 fully saturated rings. The summed E-state index contributed by atoms with van der Waals surface area (Å²) < 4.78 is 11.4. The fraction of sp³-hybridized carbons (Fsp3) is 0.389. The third kappa shape index (κ3) is 5.73. The zero-order chi connectivity index (χ0) is 18.9. The van der Waals surface area contributed by atoms with E-state index in [4.69, 9.17) is 15.2 Å². The molecule has 0 radical (unpaired) electrons. The Labute approximate surface area is 156 Å². The van der Waals surface area contributed by atoms with Crippen molar-refractivity contribution in [3.05, 3.63) is 34.8 Å². The molecule has 0 aliphatic rings. The van der Waals surface area contributed by atoms with Crippen LogP contribution in [0.5, 0.6) is 11.5 Å². The van der Waals surface area contributed by atoms with Gasteiger partial charge in [-0.05, 0) is 31.0 Å². The first-order chi connectivity index (χ1) is 12.5. The van der Waals surface area contributed by atoms with Crippen molar-refractivity contribution in [2.75, 3.05) is 18.5 Å². The highest BCUT2D eigenvalue weighted by atomic mass is 32.1. The first-order valence-electron chi connectivity index (χ1n) is 8.47. The molecule has 0 spiro atoms. The topological polar surface area (TPSA) is 104 Å². The predicted molar refractivity (Wildman–Crippen MR) is 101 cm³/mol. The van der Waals surface area contributed by atoms with E-state index in [1.54, 1.807) is 23.6 Å². The van der Waals surface area contributed by atoms with E-state index >= 15 is 0 Å². The molecule has 8 heteroatoms. The monoisotopic (exact) mass is 377 g/mol. The summed E-state index contributed by atoms with van der Waals surface area (Å²) in [7, 11) is 0. The van der Waals surface area contributed by atoms with Crippen molar-refractivity contribution in [1.82, 2.24) is 4.98 Å². The average Bonchev–Trinajstić information content (AvgIpc) is 3.04. The number of hydrogen-bond donors (Lipinski definition) is 2. The molecular formula is C18H23N3O4S. The van der Waals surface area contributed by atoms with Gasteiger partial charge in [-0.3, -0.25) is 14.9 Å². The number of nitrogens with zero attached hydrogens (tertiary/aromatic N) is 1. The minimum absolute atomic E-state index is 0.0465. The fourth-order valence-corrected chi connectivity index (χ4v) is 2.80. The van der Waals surface area contributed by atoms with Gasteiger partial charge in [-0.2, -0.15) is 0 Å². The number of primary amides is 1. The van der Waals surface area contributed by atoms with E-state index in [9.17, 15) is 9.59 Å². The van der Waals surface area contributed by atoms with Crippen LogP contribution in [0.25, 0.3) is 0 Å². The normalized spacial score (nSPS) is 10.4. The lowest BCUT2D eigenvalue weighted by molar-refractivity contribution is -0.117. The Hall–Kier alpha value is -2.61. The smallest absolute Gasteiger partial charge is 0.257 e. The van der Waals surface area contributed by atoms with Crippen molar-refractivity contribution in [2.45, 2.75) is 33.1 Å². The van der Waals surface area contributed by atoms with Crippen LogP contribution >= 0.6 is 11.3 Å². The first kappa shape index (κ1) is 19.7. The molecule has 2 aromatic rings. The van der Waals surface area contributed by atoms with Crippen molar-refractivity contribution in [1.29, 1.82) is 0 Å². The Morgan fingerprint density at radius 2 is 1.85 bits per heavy atom. The molecule has 0 saturated carbocycles. The molecule has 26 heavy (non-hydrogen) atoms. The van der Waals surface area contributed by atoms with Crippen molar-refractivity contribution in [3.63, 3.8) is 0 Å². The minimum atomic E-state index is -0.464. The Morgan fingerprint density at radius 3 is 2.50 bits per heavy atom. The Balaban J connectivity index is 2.11. The number of ether oxygens (including phenoxy) is 2. The number of hydrogen-bond acceptors (Lipinski definition) is 6. The highest BCUT2D eigenvalue weighted by Gasteiger charge is 2.14. The van der Waals surface area contributed by atoms with Crippen LogP contribution in [0.4, 0.5) is 5.13 Å². The molecule has 7 nitrogen and oxygen atoms in total. The molecule has 0 aliphatic heterocycles. The van der Waals surface area contributed by atoms with Crippen molar-refractivity contribution in [3.8, 4) is 11.5 Å². The van der Waals surface area contributed by atoms with E-state index in [-0.39, 0.29) is 12.3 Å². The summed E-state index contributed by atoms with van der Waals surface area (Å²) in [5.41, 5.74) is 6.12. The van der Waals surface area contributed by atoms with Gasteiger partial charge in [0.05, 0.1) is 25.3 Å². The van der Waals surface area contributed by atoms with Crippen LogP contribution in [0.3, 0.4) is 0 Å². The number of carbonyl (C=O) groups excluding carboxylic acids is 2. The molecule has 1 aromatic carbocycles. The maximum atomic E-state index is 12.5. The summed E-state index contributed by atoms with van der Waals surface area (Å²) >= 11 is 1.24. The first-order valence-corrected chi connectivity index (χ1v) is 9.35. The van der Waals surface area contributed by atoms with E-state index in [0.717, 1.165) is 12.8 Å². The lowest BCUT2D eigenvalue weighted by Crippen LogP contribution is -2.15. The third-order valence-corrected chi connectivity index (χ3v) is 4.06. The minimum Gasteiger partial charge on any atom is -0.490 e. The van der Waals surface area contributed by atoms with Gasteiger partial charge in [0, 0.05) is 10.9 Å². The van der Waals surface area contributed by atoms with E-state index in [0.29, 0.717) is 41.1 Å². The number of amides is 2. The number of aromatic nitrogens is 1. The Kier molecular flexibility index (Phi) is 7.40. The van der Waals surface area contributed by atoms with Gasteiger partial charge in [-0.1, -0.05) is 13.8 Å². The summed E-state index contributed by atoms with van der Waals surface area (Å²) in [6.07, 6.45) is 1.78. The Bertz CT molecular complexity index is 761. The lowest BCUT2D eigenvalue weighted by Gasteiger charge is -2.13. The van der Waals surface area contributed by atoms with E-state index in [1.807, 2.05) is 13.8 Å². The average molecular weight is 377 g/mol. The number of nitrogens with two attached hydrogens (primary N) is 1. The van der Waals surface area contributed by atoms with Crippen LogP contribution in [0.15, 0.2) is 23.6 Å². The second-order valence-electron chi connectivity index (χ2n) is 5.60. The second kappa shape index (κ2) is 9.76. The molecule has 140 valence electrons. The maximum absolute atomic E-state index is 12.5. The Morgan fingerprint density at radius 1 is 1.15 bits per heavy atom. The highest BCUT2D eigenvalue weighted by molar-refractivity contribution is 7.14. The van der Waals surface area contributed by atoms with Gasteiger partial charge in [-0.15, -0.1) is 11.3 Å². The number of carbonyl (C=O) groups is 2. The van der Waals surface area contributed by atoms with Crippen LogP contribution in [0.1, 0.15) is 42.7 Å². The van der Waals surface area contributed by atoms with E-state index < -0.39 is 5.91 Å². The van der Waals surface area contributed by atoms with Gasteiger partial charge in [0.1, 0.15) is 0 Å². The van der Waals surface area contributed by atoms with Crippen LogP contribution < -0.4 is 20.5 Å². The quantitative estimate of drug-likeness (QED) is 0.662. The summed E-state index contributed by atoms with van der Waals surface area (Å²) in [6.45, 7) is 5.15. The molecular weight excluding hydrogens is 354 g/mol. The number of rotatable bonds is 10. The summed E-state index contributed by atoms with van der Waals surface area (Å²) in [4.78, 5) is 27.6. The van der Waals surface area contributed by atoms with Crippen LogP contribution in [-0.4, -0.2) is 30.0 Å². The number of benzene rings is 1. The molecule has 0 bridgehead atoms. The molecule has 1 heterocycles. The fourth-order valence-electron chi connectivity index (χ4n) is 2.10. The van der Waals surface area contributed by atoms with Gasteiger partial charge in [-0.25, -0.2) is 4.98 Å². The van der Waals surface area contributed by atoms with Gasteiger partial charge in [0.15, 0.2) is 16.6 Å². The van der Waals surface area contributed by atoms with Crippen LogP contribution in [-0.2, 0) is 11.2 Å². The lowest BCUT2D eigenvalue weighted by atomic mass is 10.2. The van der Waals surface area contributed by atoms with Gasteiger partial charge in [0.2, 0.25) is 5.91 Å². The zero-order valence-electron chi connectivity index (χ0n) is 14.9. The molecule has 0 saturated heterocycles. The third-order valence-electron chi connectivity index (χ3n) is 3.26. The summed E-state index contributed by atoms with van der Waals surface area (Å²) in [5.74, 6) is 0.387. The number of nitrogens with one attached hydrogen (secondary N) is 1. The zero-order valence-corrected chi connectivity index (χ0v) is 15.7. The molecule has 3 N–H and O–H groups in total. The standard InChI is InChI=1S/C18H23N3O4S/c1-3-7-24-14-6-5-12(9-15(14)25-8-4-2)17(23)21-18-20-13(11-26-18)10-16(19)22/h5-6,9,11H,3-4,7-8,10H2,1-2H3,(H2,19,22)(H,20,21,23). The molecule has 0 aliphatic carbocycles. The molecule has 2 amide bonds. The van der Waals surface area contributed by atoms with Crippen molar-refractivity contribution in [2.24, 2.45) is 5.73 Å². The van der Waals surface area contributed by atoms with Gasteiger partial charge in [0.25, 0.3) is 5.91 Å². The maximum Gasteiger partial charge on any atom is 0.257 e. The van der Waals surface area contributed by atoms with Gasteiger partial charge < -0.3 is 15.2 Å². The van der Waals surface area contributed by atoms with Crippen LogP contribution in [0, 0.1) is 0 Å². The van der Waals surface area contributed by atoms with Crippen molar-refractivity contribution >= 4 is 28.3 Å². The molecule has 0 unspecified atom stereocenters. The molecule has 1 aromatic heterocycles. The predicted octanol–water partition coefficient (Wildman–Crippen LogP) is 3.00. The van der Waals surface area contributed by atoms with Crippen molar-refractivity contribution < 1.29 is 19.1 Å². The van der Waals surface area contributed by atoms with Gasteiger partial charge >= 0.3 is 0 Å². The second-order valence-corrected chi connectivity index (χ2v) is 6.46. The molecule has 2 rings (SSSR count). The van der Waals surface area contributed by atoms with Crippen LogP contribution in [0.2, 0.25) is 0 Å². The highest BCUT2D eigenvalue weighted by Crippen LogP contribution is 2.29. The molecule has 0 atom stereocenters. The SMILES string of the molecule is CCCOc1ccc(C(=O)Nc2nc(CC(N)=O)cs2)cc1OCCC. The largest absolute Gasteiger partial charge is 0.490 e.